The molecule has 1 aromatic heterocycles. The number of aromatic nitrogens is 2. The van der Waals surface area contributed by atoms with Crippen molar-refractivity contribution in [1.82, 2.24) is 9.55 Å². The fraction of sp³-hybridized carbons (Fsp3) is 0.308. The first kappa shape index (κ1) is 12.3. The Bertz CT molecular complexity index is 517. The zero-order chi connectivity index (χ0) is 12.4. The fourth-order valence-corrected chi connectivity index (χ4v) is 2.26. The Kier molecular flexibility index (Phi) is 3.64. The van der Waals surface area contributed by atoms with Crippen LogP contribution in [0.2, 0.25) is 0 Å². The van der Waals surface area contributed by atoms with E-state index in [2.05, 4.69) is 52.1 Å². The van der Waals surface area contributed by atoms with E-state index in [9.17, 15) is 0 Å². The number of aliphatic hydroxyl groups excluding tert-OH is 1. The van der Waals surface area contributed by atoms with Crippen LogP contribution in [0, 0.1) is 6.92 Å². The number of nitrogens with zero attached hydrogens (tertiary/aromatic N) is 2. The lowest BCUT2D eigenvalue weighted by Gasteiger charge is -2.00. The molecule has 1 heterocycles. The summed E-state index contributed by atoms with van der Waals surface area (Å²) in [4.78, 5) is 4.56. The summed E-state index contributed by atoms with van der Waals surface area (Å²) in [5, 5.41) is 8.98. The maximum atomic E-state index is 8.98. The summed E-state index contributed by atoms with van der Waals surface area (Å²) in [5.41, 5.74) is 3.25. The number of rotatable bonds is 3. The molecule has 0 aliphatic heterocycles. The lowest BCUT2D eigenvalue weighted by atomic mass is 10.1. The smallest absolute Gasteiger partial charge is 0.112 e. The van der Waals surface area contributed by atoms with Crippen molar-refractivity contribution in [3.63, 3.8) is 0 Å². The Balaban J connectivity index is 2.45. The summed E-state index contributed by atoms with van der Waals surface area (Å²) in [5.74, 6) is 0.884. The Morgan fingerprint density at radius 3 is 2.53 bits per heavy atom. The molecule has 0 aliphatic rings. The number of halogens is 1. The van der Waals surface area contributed by atoms with E-state index in [1.165, 1.54) is 5.56 Å². The van der Waals surface area contributed by atoms with Crippen LogP contribution in [-0.4, -0.2) is 21.3 Å². The normalized spacial score (nSPS) is 10.8. The second kappa shape index (κ2) is 5.02. The molecule has 0 saturated carbocycles. The maximum Gasteiger partial charge on any atom is 0.112 e. The molecule has 0 saturated heterocycles. The molecule has 0 amide bonds. The van der Waals surface area contributed by atoms with Gasteiger partial charge in [0.25, 0.3) is 0 Å². The van der Waals surface area contributed by atoms with E-state index in [0.29, 0.717) is 6.42 Å². The van der Waals surface area contributed by atoms with E-state index in [-0.39, 0.29) is 6.61 Å². The molecule has 0 radical (unpaired) electrons. The second-order valence-corrected chi connectivity index (χ2v) is 4.82. The number of hydrogen-bond donors (Lipinski definition) is 1. The van der Waals surface area contributed by atoms with Gasteiger partial charge >= 0.3 is 0 Å². The van der Waals surface area contributed by atoms with Gasteiger partial charge in [-0.05, 0) is 22.9 Å². The number of hydrogen-bond acceptors (Lipinski definition) is 2. The van der Waals surface area contributed by atoms with Crippen molar-refractivity contribution < 1.29 is 5.11 Å². The molecule has 90 valence electrons. The fourth-order valence-electron chi connectivity index (χ4n) is 1.74. The van der Waals surface area contributed by atoms with Crippen LogP contribution in [0.25, 0.3) is 11.3 Å². The van der Waals surface area contributed by atoms with Crippen LogP contribution in [0.3, 0.4) is 0 Å². The topological polar surface area (TPSA) is 38.1 Å². The van der Waals surface area contributed by atoms with Crippen molar-refractivity contribution in [2.45, 2.75) is 13.3 Å². The number of aliphatic hydroxyl groups is 1. The highest BCUT2D eigenvalue weighted by Crippen LogP contribution is 2.28. The average molecular weight is 295 g/mol. The van der Waals surface area contributed by atoms with Gasteiger partial charge in [-0.1, -0.05) is 29.8 Å². The highest BCUT2D eigenvalue weighted by atomic mass is 79.9. The quantitative estimate of drug-likeness (QED) is 0.945. The summed E-state index contributed by atoms with van der Waals surface area (Å²) in [6.45, 7) is 2.18. The monoisotopic (exact) mass is 294 g/mol. The highest BCUT2D eigenvalue weighted by molar-refractivity contribution is 9.10. The average Bonchev–Trinajstić information content (AvgIpc) is 2.59. The summed E-state index contributed by atoms with van der Waals surface area (Å²) in [7, 11) is 1.94. The predicted molar refractivity (Wildman–Crippen MR) is 71.9 cm³/mol. The lowest BCUT2D eigenvalue weighted by Crippen LogP contribution is -2.00. The summed E-state index contributed by atoms with van der Waals surface area (Å²) >= 11 is 3.55. The van der Waals surface area contributed by atoms with Gasteiger partial charge < -0.3 is 9.67 Å². The Labute approximate surface area is 109 Å². The molecular weight excluding hydrogens is 280 g/mol. The van der Waals surface area contributed by atoms with E-state index in [0.717, 1.165) is 21.7 Å². The Hall–Kier alpha value is -1.13. The molecule has 0 fully saturated rings. The second-order valence-electron chi connectivity index (χ2n) is 4.07. The minimum atomic E-state index is 0.116. The van der Waals surface area contributed by atoms with Gasteiger partial charge in [0.05, 0.1) is 6.61 Å². The zero-order valence-corrected chi connectivity index (χ0v) is 11.5. The van der Waals surface area contributed by atoms with Crippen LogP contribution in [-0.2, 0) is 13.5 Å². The molecule has 0 bridgehead atoms. The van der Waals surface area contributed by atoms with Crippen LogP contribution >= 0.6 is 15.9 Å². The minimum absolute atomic E-state index is 0.116. The first-order valence-corrected chi connectivity index (χ1v) is 6.31. The molecule has 4 heteroatoms. The van der Waals surface area contributed by atoms with Crippen LogP contribution in [0.15, 0.2) is 28.9 Å². The van der Waals surface area contributed by atoms with Gasteiger partial charge in [0.1, 0.15) is 16.1 Å². The standard InChI is InChI=1S/C13H15BrN2O/c1-9-3-5-10(6-4-9)12-13(14)16(2)11(15-12)7-8-17/h3-6,17H,7-8H2,1-2H3. The molecule has 2 aromatic rings. The summed E-state index contributed by atoms with van der Waals surface area (Å²) in [6, 6.07) is 8.26. The number of benzene rings is 1. The van der Waals surface area contributed by atoms with Gasteiger partial charge in [0.2, 0.25) is 0 Å². The van der Waals surface area contributed by atoms with E-state index in [1.54, 1.807) is 0 Å². The van der Waals surface area contributed by atoms with Gasteiger partial charge in [-0.2, -0.15) is 0 Å². The van der Waals surface area contributed by atoms with Crippen LogP contribution in [0.5, 0.6) is 0 Å². The van der Waals surface area contributed by atoms with E-state index in [4.69, 9.17) is 5.11 Å². The Morgan fingerprint density at radius 2 is 1.94 bits per heavy atom. The predicted octanol–water partition coefficient (Wildman–Crippen LogP) is 2.69. The van der Waals surface area contributed by atoms with Gasteiger partial charge in [-0.25, -0.2) is 4.98 Å². The van der Waals surface area contributed by atoms with Crippen LogP contribution in [0.1, 0.15) is 11.4 Å². The van der Waals surface area contributed by atoms with Crippen molar-refractivity contribution in [2.75, 3.05) is 6.61 Å². The number of aryl methyl sites for hydroxylation is 1. The third kappa shape index (κ3) is 2.42. The lowest BCUT2D eigenvalue weighted by molar-refractivity contribution is 0.295. The van der Waals surface area contributed by atoms with Crippen molar-refractivity contribution in [3.05, 3.63) is 40.3 Å². The molecule has 17 heavy (non-hydrogen) atoms. The van der Waals surface area contributed by atoms with Crippen LogP contribution in [0.4, 0.5) is 0 Å². The van der Waals surface area contributed by atoms with E-state index in [1.807, 2.05) is 11.6 Å². The van der Waals surface area contributed by atoms with E-state index >= 15 is 0 Å². The molecule has 1 N–H and O–H groups in total. The third-order valence-corrected chi connectivity index (χ3v) is 3.69. The van der Waals surface area contributed by atoms with E-state index < -0.39 is 0 Å². The van der Waals surface area contributed by atoms with Crippen molar-refractivity contribution in [1.29, 1.82) is 0 Å². The Morgan fingerprint density at radius 1 is 1.29 bits per heavy atom. The molecule has 0 aliphatic carbocycles. The first-order chi connectivity index (χ1) is 8.13. The zero-order valence-electron chi connectivity index (χ0n) is 9.94. The minimum Gasteiger partial charge on any atom is -0.396 e. The molecule has 3 nitrogen and oxygen atoms in total. The highest BCUT2D eigenvalue weighted by Gasteiger charge is 2.13. The molecule has 0 unspecified atom stereocenters. The summed E-state index contributed by atoms with van der Waals surface area (Å²) < 4.78 is 2.91. The van der Waals surface area contributed by atoms with Crippen LogP contribution < -0.4 is 0 Å². The van der Waals surface area contributed by atoms with Gasteiger partial charge in [0, 0.05) is 19.0 Å². The van der Waals surface area contributed by atoms with Gasteiger partial charge in [-0.3, -0.25) is 0 Å². The molecule has 0 atom stereocenters. The van der Waals surface area contributed by atoms with Crippen molar-refractivity contribution >= 4 is 15.9 Å². The SMILES string of the molecule is Cc1ccc(-c2nc(CCO)n(C)c2Br)cc1. The first-order valence-electron chi connectivity index (χ1n) is 5.52. The molecule has 1 aromatic carbocycles. The van der Waals surface area contributed by atoms with Gasteiger partial charge in [-0.15, -0.1) is 0 Å². The van der Waals surface area contributed by atoms with Crippen molar-refractivity contribution in [3.8, 4) is 11.3 Å². The molecular formula is C13H15BrN2O. The van der Waals surface area contributed by atoms with Gasteiger partial charge in [0.15, 0.2) is 0 Å². The number of imidazole rings is 1. The molecule has 2 rings (SSSR count). The summed E-state index contributed by atoms with van der Waals surface area (Å²) in [6.07, 6.45) is 0.570. The third-order valence-electron chi connectivity index (χ3n) is 2.78. The largest absolute Gasteiger partial charge is 0.396 e. The molecule has 0 spiro atoms. The van der Waals surface area contributed by atoms with Crippen molar-refractivity contribution in [2.24, 2.45) is 7.05 Å². The maximum absolute atomic E-state index is 8.98.